The van der Waals surface area contributed by atoms with Gasteiger partial charge in [-0.2, -0.15) is 0 Å². The van der Waals surface area contributed by atoms with Crippen LogP contribution in [0.3, 0.4) is 0 Å². The van der Waals surface area contributed by atoms with Crippen LogP contribution in [0.4, 0.5) is 0 Å². The maximum atomic E-state index is 4.52. The Morgan fingerprint density at radius 3 is 2.48 bits per heavy atom. The molecule has 3 aliphatic rings. The molecule has 0 radical (unpaired) electrons. The predicted molar refractivity (Wildman–Crippen MR) is 88.7 cm³/mol. The van der Waals surface area contributed by atoms with Crippen molar-refractivity contribution in [1.82, 2.24) is 15.1 Å². The van der Waals surface area contributed by atoms with Crippen LogP contribution >= 0.6 is 0 Å². The van der Waals surface area contributed by atoms with Crippen LogP contribution in [0.2, 0.25) is 0 Å². The molecule has 0 aromatic rings. The zero-order valence-electron chi connectivity index (χ0n) is 13.7. The first kappa shape index (κ1) is 15.1. The lowest BCUT2D eigenvalue weighted by Gasteiger charge is -2.28. The van der Waals surface area contributed by atoms with Gasteiger partial charge in [0.2, 0.25) is 0 Å². The van der Waals surface area contributed by atoms with Crippen molar-refractivity contribution in [2.45, 2.75) is 51.4 Å². The van der Waals surface area contributed by atoms with Crippen LogP contribution in [0.15, 0.2) is 4.99 Å². The number of aliphatic imine (C=N–C) groups is 1. The van der Waals surface area contributed by atoms with E-state index in [1.807, 2.05) is 7.05 Å². The predicted octanol–water partition coefficient (Wildman–Crippen LogP) is 2.31. The van der Waals surface area contributed by atoms with E-state index in [1.54, 1.807) is 0 Å². The van der Waals surface area contributed by atoms with E-state index in [0.29, 0.717) is 5.41 Å². The minimum absolute atomic E-state index is 0.629. The summed E-state index contributed by atoms with van der Waals surface area (Å²) < 4.78 is 0. The van der Waals surface area contributed by atoms with Gasteiger partial charge in [0.25, 0.3) is 0 Å². The smallest absolute Gasteiger partial charge is 0.193 e. The van der Waals surface area contributed by atoms with Gasteiger partial charge in [0.15, 0.2) is 5.96 Å². The van der Waals surface area contributed by atoms with E-state index >= 15 is 0 Å². The molecule has 1 spiro atoms. The number of likely N-dealkylation sites (tertiary alicyclic amines) is 2. The van der Waals surface area contributed by atoms with Crippen molar-refractivity contribution in [2.75, 3.05) is 46.3 Å². The van der Waals surface area contributed by atoms with Crippen molar-refractivity contribution in [2.24, 2.45) is 10.4 Å². The largest absolute Gasteiger partial charge is 0.355 e. The highest BCUT2D eigenvalue weighted by Gasteiger charge is 2.40. The Hall–Kier alpha value is -0.770. The van der Waals surface area contributed by atoms with Gasteiger partial charge in [0.05, 0.1) is 0 Å². The fourth-order valence-electron chi connectivity index (χ4n) is 4.49. The molecule has 3 fully saturated rings. The van der Waals surface area contributed by atoms with Gasteiger partial charge >= 0.3 is 0 Å². The van der Waals surface area contributed by atoms with E-state index < -0.39 is 0 Å². The second-order valence-electron chi connectivity index (χ2n) is 7.25. The van der Waals surface area contributed by atoms with Gasteiger partial charge in [0.1, 0.15) is 0 Å². The van der Waals surface area contributed by atoms with Crippen molar-refractivity contribution in [3.8, 4) is 0 Å². The van der Waals surface area contributed by atoms with E-state index in [2.05, 4.69) is 20.1 Å². The highest BCUT2D eigenvalue weighted by molar-refractivity contribution is 5.80. The van der Waals surface area contributed by atoms with Crippen LogP contribution in [-0.2, 0) is 0 Å². The van der Waals surface area contributed by atoms with Crippen LogP contribution in [0.25, 0.3) is 0 Å². The van der Waals surface area contributed by atoms with E-state index in [0.717, 1.165) is 19.0 Å². The lowest BCUT2D eigenvalue weighted by molar-refractivity contribution is 0.231. The molecule has 2 heterocycles. The van der Waals surface area contributed by atoms with E-state index in [4.69, 9.17) is 0 Å². The van der Waals surface area contributed by atoms with Crippen LogP contribution in [-0.4, -0.2) is 62.1 Å². The minimum Gasteiger partial charge on any atom is -0.355 e. The highest BCUT2D eigenvalue weighted by atomic mass is 15.3. The first-order valence-corrected chi connectivity index (χ1v) is 8.99. The number of rotatable bonds is 3. The average Bonchev–Trinajstić information content (AvgIpc) is 3.15. The Morgan fingerprint density at radius 1 is 1.00 bits per heavy atom. The van der Waals surface area contributed by atoms with Gasteiger partial charge < -0.3 is 15.1 Å². The normalized spacial score (nSPS) is 26.7. The second-order valence-corrected chi connectivity index (χ2v) is 7.25. The standard InChI is InChI=1S/C17H32N4/c1-18-16(19-10-14-20-11-5-2-6-12-20)21-13-9-17(15-21)7-3-4-8-17/h2-15H2,1H3,(H,18,19). The number of nitrogens with one attached hydrogen (secondary N) is 1. The van der Waals surface area contributed by atoms with Crippen LogP contribution in [0.1, 0.15) is 51.4 Å². The Labute approximate surface area is 130 Å². The average molecular weight is 292 g/mol. The summed E-state index contributed by atoms with van der Waals surface area (Å²) in [6, 6.07) is 0. The van der Waals surface area contributed by atoms with Crippen LogP contribution in [0, 0.1) is 5.41 Å². The Kier molecular flexibility index (Phi) is 5.04. The molecule has 3 rings (SSSR count). The van der Waals surface area contributed by atoms with Crippen molar-refractivity contribution in [1.29, 1.82) is 0 Å². The number of piperidine rings is 1. The van der Waals surface area contributed by atoms with Crippen LogP contribution < -0.4 is 5.32 Å². The summed E-state index contributed by atoms with van der Waals surface area (Å²) >= 11 is 0. The monoisotopic (exact) mass is 292 g/mol. The van der Waals surface area contributed by atoms with Gasteiger partial charge in [-0.3, -0.25) is 4.99 Å². The summed E-state index contributed by atoms with van der Waals surface area (Å²) in [5.41, 5.74) is 0.629. The quantitative estimate of drug-likeness (QED) is 0.640. The zero-order chi connectivity index (χ0) is 14.5. The van der Waals surface area contributed by atoms with Crippen molar-refractivity contribution in [3.05, 3.63) is 0 Å². The van der Waals surface area contributed by atoms with E-state index in [1.165, 1.54) is 77.5 Å². The first-order valence-electron chi connectivity index (χ1n) is 8.99. The lowest BCUT2D eigenvalue weighted by Crippen LogP contribution is -2.44. The molecule has 1 N–H and O–H groups in total. The molecule has 4 nitrogen and oxygen atoms in total. The molecule has 120 valence electrons. The second kappa shape index (κ2) is 6.99. The molecule has 0 bridgehead atoms. The summed E-state index contributed by atoms with van der Waals surface area (Å²) in [5, 5.41) is 3.60. The van der Waals surface area contributed by atoms with Crippen molar-refractivity contribution < 1.29 is 0 Å². The summed E-state index contributed by atoms with van der Waals surface area (Å²) in [4.78, 5) is 9.61. The van der Waals surface area contributed by atoms with Crippen molar-refractivity contribution in [3.63, 3.8) is 0 Å². The topological polar surface area (TPSA) is 30.9 Å². The fraction of sp³-hybridized carbons (Fsp3) is 0.941. The third-order valence-corrected chi connectivity index (χ3v) is 5.77. The minimum atomic E-state index is 0.629. The molecule has 1 saturated carbocycles. The maximum Gasteiger partial charge on any atom is 0.193 e. The first-order chi connectivity index (χ1) is 10.3. The number of hydrogen-bond donors (Lipinski definition) is 1. The van der Waals surface area contributed by atoms with Gasteiger partial charge in [-0.15, -0.1) is 0 Å². The Morgan fingerprint density at radius 2 is 1.76 bits per heavy atom. The Bertz CT molecular complexity index is 354. The van der Waals surface area contributed by atoms with Gasteiger partial charge in [-0.1, -0.05) is 19.3 Å². The molecule has 0 aromatic carbocycles. The molecule has 1 aliphatic carbocycles. The fourth-order valence-corrected chi connectivity index (χ4v) is 4.49. The van der Waals surface area contributed by atoms with Gasteiger partial charge in [0, 0.05) is 33.2 Å². The highest BCUT2D eigenvalue weighted by Crippen LogP contribution is 2.45. The Balaban J connectivity index is 1.43. The number of hydrogen-bond acceptors (Lipinski definition) is 2. The van der Waals surface area contributed by atoms with Crippen molar-refractivity contribution >= 4 is 5.96 Å². The molecule has 4 heteroatoms. The third-order valence-electron chi connectivity index (χ3n) is 5.77. The molecular formula is C17H32N4. The number of guanidine groups is 1. The zero-order valence-corrected chi connectivity index (χ0v) is 13.7. The van der Waals surface area contributed by atoms with E-state index in [9.17, 15) is 0 Å². The van der Waals surface area contributed by atoms with Gasteiger partial charge in [-0.25, -0.2) is 0 Å². The molecular weight excluding hydrogens is 260 g/mol. The van der Waals surface area contributed by atoms with Gasteiger partial charge in [-0.05, 0) is 50.6 Å². The molecule has 0 unspecified atom stereocenters. The summed E-state index contributed by atoms with van der Waals surface area (Å²) in [6.45, 7) is 7.20. The molecule has 0 atom stereocenters. The lowest BCUT2D eigenvalue weighted by atomic mass is 9.86. The van der Waals surface area contributed by atoms with Crippen LogP contribution in [0.5, 0.6) is 0 Å². The van der Waals surface area contributed by atoms with E-state index in [-0.39, 0.29) is 0 Å². The summed E-state index contributed by atoms with van der Waals surface area (Å²) in [7, 11) is 1.93. The molecule has 21 heavy (non-hydrogen) atoms. The molecule has 0 aromatic heterocycles. The SMILES string of the molecule is CN=C(NCCN1CCCCC1)N1CCC2(CCCC2)C1. The third kappa shape index (κ3) is 3.71. The molecule has 2 aliphatic heterocycles. The summed E-state index contributed by atoms with van der Waals surface area (Å²) in [5.74, 6) is 1.13. The summed E-state index contributed by atoms with van der Waals surface area (Å²) in [6.07, 6.45) is 11.3. The molecule has 0 amide bonds. The molecule has 2 saturated heterocycles. The maximum absolute atomic E-state index is 4.52. The number of nitrogens with zero attached hydrogens (tertiary/aromatic N) is 3.